The third-order valence-corrected chi connectivity index (χ3v) is 3.74. The van der Waals surface area contributed by atoms with Crippen LogP contribution in [-0.4, -0.2) is 20.3 Å². The van der Waals surface area contributed by atoms with E-state index in [1.165, 1.54) is 0 Å². The molecule has 1 amide bonds. The molecule has 0 aliphatic carbocycles. The fraction of sp³-hybridized carbons (Fsp3) is 0.429. The molecule has 5 nitrogen and oxygen atoms in total. The first-order valence-corrected chi connectivity index (χ1v) is 7.40. The molecule has 1 N–H and O–H groups in total. The van der Waals surface area contributed by atoms with E-state index in [-0.39, 0.29) is 5.91 Å². The Morgan fingerprint density at radius 1 is 1.45 bits per heavy atom. The molecule has 0 aromatic carbocycles. The zero-order chi connectivity index (χ0) is 14.9. The van der Waals surface area contributed by atoms with Gasteiger partial charge in [-0.25, -0.2) is 0 Å². The smallest absolute Gasteiger partial charge is 0.272 e. The van der Waals surface area contributed by atoms with Crippen LogP contribution in [0.4, 0.5) is 5.69 Å². The summed E-state index contributed by atoms with van der Waals surface area (Å²) >= 11 is 3.42. The number of aryl methyl sites for hydroxylation is 3. The SMILES string of the molecule is CCCn1cc(Br)cc1C(=O)Nc1c(C)nn(C)c1C. The summed E-state index contributed by atoms with van der Waals surface area (Å²) in [7, 11) is 1.87. The summed E-state index contributed by atoms with van der Waals surface area (Å²) in [4.78, 5) is 12.4. The highest BCUT2D eigenvalue weighted by Gasteiger charge is 2.17. The van der Waals surface area contributed by atoms with Crippen LogP contribution in [-0.2, 0) is 13.6 Å². The quantitative estimate of drug-likeness (QED) is 0.930. The van der Waals surface area contributed by atoms with Gasteiger partial charge in [0.05, 0.1) is 17.1 Å². The van der Waals surface area contributed by atoms with Crippen molar-refractivity contribution in [2.75, 3.05) is 5.32 Å². The van der Waals surface area contributed by atoms with Crippen molar-refractivity contribution >= 4 is 27.5 Å². The summed E-state index contributed by atoms with van der Waals surface area (Å²) in [5.74, 6) is -0.108. The molecule has 2 rings (SSSR count). The number of hydrogen-bond donors (Lipinski definition) is 1. The summed E-state index contributed by atoms with van der Waals surface area (Å²) in [6.45, 7) is 6.74. The first-order valence-electron chi connectivity index (χ1n) is 6.61. The lowest BCUT2D eigenvalue weighted by Gasteiger charge is -2.09. The van der Waals surface area contributed by atoms with Crippen molar-refractivity contribution in [2.24, 2.45) is 7.05 Å². The monoisotopic (exact) mass is 338 g/mol. The number of amides is 1. The molecule has 0 bridgehead atoms. The molecule has 0 aliphatic rings. The van der Waals surface area contributed by atoms with E-state index in [4.69, 9.17) is 0 Å². The van der Waals surface area contributed by atoms with Crippen LogP contribution < -0.4 is 5.32 Å². The normalized spacial score (nSPS) is 10.8. The van der Waals surface area contributed by atoms with Crippen LogP contribution in [0.15, 0.2) is 16.7 Å². The maximum Gasteiger partial charge on any atom is 0.272 e. The van der Waals surface area contributed by atoms with E-state index in [2.05, 4.69) is 33.3 Å². The Labute approximate surface area is 127 Å². The van der Waals surface area contributed by atoms with E-state index in [0.717, 1.165) is 34.5 Å². The second kappa shape index (κ2) is 5.83. The largest absolute Gasteiger partial charge is 0.342 e. The molecule has 2 aromatic heterocycles. The second-order valence-electron chi connectivity index (χ2n) is 4.86. The van der Waals surface area contributed by atoms with Gasteiger partial charge < -0.3 is 9.88 Å². The van der Waals surface area contributed by atoms with Crippen molar-refractivity contribution in [3.63, 3.8) is 0 Å². The average Bonchev–Trinajstić information content (AvgIpc) is 2.85. The molecule has 0 spiro atoms. The Bertz CT molecular complexity index is 642. The zero-order valence-electron chi connectivity index (χ0n) is 12.2. The van der Waals surface area contributed by atoms with E-state index < -0.39 is 0 Å². The van der Waals surface area contributed by atoms with Gasteiger partial charge in [-0.05, 0) is 42.3 Å². The highest BCUT2D eigenvalue weighted by atomic mass is 79.9. The Kier molecular flexibility index (Phi) is 4.32. The predicted molar refractivity (Wildman–Crippen MR) is 83.1 cm³/mol. The minimum Gasteiger partial charge on any atom is -0.342 e. The maximum atomic E-state index is 12.4. The predicted octanol–water partition coefficient (Wildman–Crippen LogP) is 3.26. The Balaban J connectivity index is 2.28. The van der Waals surface area contributed by atoms with Crippen LogP contribution in [0.25, 0.3) is 0 Å². The third kappa shape index (κ3) is 2.80. The molecule has 2 aromatic rings. The number of carbonyl (C=O) groups is 1. The molecule has 108 valence electrons. The van der Waals surface area contributed by atoms with Gasteiger partial charge >= 0.3 is 0 Å². The van der Waals surface area contributed by atoms with E-state index in [1.807, 2.05) is 37.7 Å². The van der Waals surface area contributed by atoms with E-state index >= 15 is 0 Å². The van der Waals surface area contributed by atoms with Gasteiger partial charge in [-0.2, -0.15) is 5.10 Å². The van der Waals surface area contributed by atoms with Crippen molar-refractivity contribution in [1.82, 2.24) is 14.3 Å². The van der Waals surface area contributed by atoms with Crippen LogP contribution in [0, 0.1) is 13.8 Å². The minimum absolute atomic E-state index is 0.108. The molecule has 0 radical (unpaired) electrons. The molecule has 0 unspecified atom stereocenters. The van der Waals surface area contributed by atoms with Crippen LogP contribution in [0.1, 0.15) is 35.2 Å². The molecule has 2 heterocycles. The topological polar surface area (TPSA) is 51.9 Å². The number of hydrogen-bond acceptors (Lipinski definition) is 2. The van der Waals surface area contributed by atoms with Gasteiger partial charge in [0.25, 0.3) is 5.91 Å². The van der Waals surface area contributed by atoms with Crippen molar-refractivity contribution in [3.8, 4) is 0 Å². The van der Waals surface area contributed by atoms with Gasteiger partial charge in [0, 0.05) is 24.3 Å². The summed E-state index contributed by atoms with van der Waals surface area (Å²) < 4.78 is 4.64. The molecule has 0 fully saturated rings. The van der Waals surface area contributed by atoms with Crippen molar-refractivity contribution < 1.29 is 4.79 Å². The Morgan fingerprint density at radius 3 is 2.70 bits per heavy atom. The number of rotatable bonds is 4. The number of nitrogens with zero attached hydrogens (tertiary/aromatic N) is 3. The molecule has 20 heavy (non-hydrogen) atoms. The lowest BCUT2D eigenvalue weighted by molar-refractivity contribution is 0.101. The van der Waals surface area contributed by atoms with E-state index in [0.29, 0.717) is 5.69 Å². The molecule has 0 atom stereocenters. The number of carbonyl (C=O) groups excluding carboxylic acids is 1. The van der Waals surface area contributed by atoms with Gasteiger partial charge in [0.1, 0.15) is 5.69 Å². The highest BCUT2D eigenvalue weighted by molar-refractivity contribution is 9.10. The van der Waals surface area contributed by atoms with Crippen LogP contribution >= 0.6 is 15.9 Å². The Hall–Kier alpha value is -1.56. The van der Waals surface area contributed by atoms with Gasteiger partial charge in [0.15, 0.2) is 0 Å². The first kappa shape index (κ1) is 14.8. The van der Waals surface area contributed by atoms with Gasteiger partial charge in [0.2, 0.25) is 0 Å². The highest BCUT2D eigenvalue weighted by Crippen LogP contribution is 2.21. The van der Waals surface area contributed by atoms with Crippen LogP contribution in [0.5, 0.6) is 0 Å². The van der Waals surface area contributed by atoms with Crippen molar-refractivity contribution in [2.45, 2.75) is 33.7 Å². The van der Waals surface area contributed by atoms with Crippen LogP contribution in [0.2, 0.25) is 0 Å². The lowest BCUT2D eigenvalue weighted by Crippen LogP contribution is -2.17. The maximum absolute atomic E-state index is 12.4. The number of nitrogens with one attached hydrogen (secondary N) is 1. The van der Waals surface area contributed by atoms with Crippen LogP contribution in [0.3, 0.4) is 0 Å². The molecular formula is C14H19BrN4O. The molecule has 0 aliphatic heterocycles. The number of aromatic nitrogens is 3. The standard InChI is InChI=1S/C14H19BrN4O/c1-5-6-19-8-11(15)7-12(19)14(20)16-13-9(2)17-18(4)10(13)3/h7-8H,5-6H2,1-4H3,(H,16,20). The number of halogens is 1. The number of anilines is 1. The first-order chi connectivity index (χ1) is 9.43. The fourth-order valence-electron chi connectivity index (χ4n) is 2.22. The minimum atomic E-state index is -0.108. The van der Waals surface area contributed by atoms with Gasteiger partial charge in [-0.15, -0.1) is 0 Å². The molecule has 0 saturated carbocycles. The third-order valence-electron chi connectivity index (χ3n) is 3.31. The molecule has 6 heteroatoms. The van der Waals surface area contributed by atoms with Crippen molar-refractivity contribution in [1.29, 1.82) is 0 Å². The van der Waals surface area contributed by atoms with Gasteiger partial charge in [-0.3, -0.25) is 9.48 Å². The lowest BCUT2D eigenvalue weighted by atomic mass is 10.3. The zero-order valence-corrected chi connectivity index (χ0v) is 13.8. The van der Waals surface area contributed by atoms with Crippen molar-refractivity contribution in [3.05, 3.63) is 33.8 Å². The average molecular weight is 339 g/mol. The summed E-state index contributed by atoms with van der Waals surface area (Å²) in [6, 6.07) is 1.84. The van der Waals surface area contributed by atoms with E-state index in [1.54, 1.807) is 4.68 Å². The summed E-state index contributed by atoms with van der Waals surface area (Å²) in [5.41, 5.74) is 3.22. The molecule has 0 saturated heterocycles. The fourth-order valence-corrected chi connectivity index (χ4v) is 2.69. The summed E-state index contributed by atoms with van der Waals surface area (Å²) in [5, 5.41) is 7.27. The summed E-state index contributed by atoms with van der Waals surface area (Å²) in [6.07, 6.45) is 2.91. The van der Waals surface area contributed by atoms with E-state index in [9.17, 15) is 4.79 Å². The Morgan fingerprint density at radius 2 is 2.15 bits per heavy atom. The van der Waals surface area contributed by atoms with Gasteiger partial charge in [-0.1, -0.05) is 6.92 Å². The second-order valence-corrected chi connectivity index (χ2v) is 5.78. The molecular weight excluding hydrogens is 320 g/mol.